The fraction of sp³-hybridized carbons (Fsp3) is 0.909. The van der Waals surface area contributed by atoms with E-state index >= 15 is 0 Å². The number of carboxylic acids is 1. The molecule has 128 valence electrons. The van der Waals surface area contributed by atoms with Crippen LogP contribution < -0.4 is 0 Å². The normalized spacial score (nSPS) is 41.8. The second-order valence-electron chi connectivity index (χ2n) is 5.37. The fourth-order valence-corrected chi connectivity index (χ4v) is 2.67. The number of hydrogen-bond acceptors (Lipinski definition) is 7. The number of aliphatic hydroxyl groups excluding tert-OH is 1. The number of rotatable bonds is 3. The topological polar surface area (TPSA) is 115 Å². The van der Waals surface area contributed by atoms with Gasteiger partial charge < -0.3 is 34.3 Å². The number of alkyl halides is 3. The predicted octanol–water partition coefficient (Wildman–Crippen LogP) is 0.384. The van der Waals surface area contributed by atoms with E-state index in [0.29, 0.717) is 0 Å². The highest BCUT2D eigenvalue weighted by atomic mass is 35.6. The van der Waals surface area contributed by atoms with Gasteiger partial charge >= 0.3 is 5.97 Å². The molecule has 0 aromatic carbocycles. The number of ether oxygens (including phenoxy) is 4. The second kappa shape index (κ2) is 5.87. The number of carbonyl (C=O) groups is 1. The molecule has 22 heavy (non-hydrogen) atoms. The fourth-order valence-electron chi connectivity index (χ4n) is 2.36. The van der Waals surface area contributed by atoms with Crippen molar-refractivity contribution >= 4 is 40.8 Å². The van der Waals surface area contributed by atoms with Crippen LogP contribution in [0.3, 0.4) is 0 Å². The van der Waals surface area contributed by atoms with Gasteiger partial charge in [-0.3, -0.25) is 0 Å². The number of hydrogen-bond donors (Lipinski definition) is 3. The highest BCUT2D eigenvalue weighted by Gasteiger charge is 2.64. The van der Waals surface area contributed by atoms with Crippen LogP contribution in [-0.2, 0) is 23.7 Å². The van der Waals surface area contributed by atoms with Crippen LogP contribution in [0.5, 0.6) is 0 Å². The van der Waals surface area contributed by atoms with Gasteiger partial charge in [-0.2, -0.15) is 0 Å². The van der Waals surface area contributed by atoms with Crippen molar-refractivity contribution in [2.45, 2.75) is 53.8 Å². The molecule has 0 bridgehead atoms. The van der Waals surface area contributed by atoms with Gasteiger partial charge in [-0.25, -0.2) is 4.79 Å². The Morgan fingerprint density at radius 3 is 2.32 bits per heavy atom. The molecule has 0 spiro atoms. The number of aliphatic carboxylic acids is 1. The summed E-state index contributed by atoms with van der Waals surface area (Å²) < 4.78 is 19.1. The number of carboxylic acid groups (broad SMARTS) is 1. The lowest BCUT2D eigenvalue weighted by Gasteiger charge is -2.28. The standard InChI is InChI=1S/C11H15Cl3O8/c1-9(2)21-6(10(18,22-9)7(16)17)5-4(3-15)19-8(20-5)11(12,13)14/h4-6,8,15,18H,3H2,1-2H3,(H,16,17)/t4-,5-,6+,8?,10-/m1/s1. The monoisotopic (exact) mass is 380 g/mol. The maximum absolute atomic E-state index is 11.4. The van der Waals surface area contributed by atoms with Gasteiger partial charge in [-0.1, -0.05) is 34.8 Å². The van der Waals surface area contributed by atoms with E-state index in [1.807, 2.05) is 0 Å². The van der Waals surface area contributed by atoms with Gasteiger partial charge in [0.05, 0.1) is 6.61 Å². The SMILES string of the molecule is CC1(C)O[C@@H]([C@@H]2OC(C(Cl)(Cl)Cl)O[C@@H]2CO)[C@](O)(C(=O)O)O1. The third-order valence-electron chi connectivity index (χ3n) is 3.20. The van der Waals surface area contributed by atoms with Crippen molar-refractivity contribution in [2.24, 2.45) is 0 Å². The molecule has 5 atom stereocenters. The van der Waals surface area contributed by atoms with E-state index in [4.69, 9.17) is 53.8 Å². The van der Waals surface area contributed by atoms with Crippen molar-refractivity contribution < 1.29 is 39.1 Å². The smallest absolute Gasteiger partial charge is 0.367 e. The van der Waals surface area contributed by atoms with Crippen LogP contribution in [0, 0.1) is 0 Å². The van der Waals surface area contributed by atoms with E-state index in [9.17, 15) is 20.1 Å². The third-order valence-corrected chi connectivity index (χ3v) is 3.73. The van der Waals surface area contributed by atoms with Gasteiger partial charge in [0.1, 0.15) is 12.2 Å². The van der Waals surface area contributed by atoms with E-state index < -0.39 is 52.5 Å². The van der Waals surface area contributed by atoms with Crippen LogP contribution in [-0.4, -0.2) is 67.9 Å². The quantitative estimate of drug-likeness (QED) is 0.601. The Morgan fingerprint density at radius 2 is 1.86 bits per heavy atom. The number of aliphatic hydroxyl groups is 2. The molecule has 8 nitrogen and oxygen atoms in total. The van der Waals surface area contributed by atoms with E-state index in [1.165, 1.54) is 13.8 Å². The molecular formula is C11H15Cl3O8. The average molecular weight is 382 g/mol. The molecule has 11 heteroatoms. The van der Waals surface area contributed by atoms with Crippen molar-refractivity contribution in [3.63, 3.8) is 0 Å². The summed E-state index contributed by atoms with van der Waals surface area (Å²) in [5.74, 6) is -5.78. The van der Waals surface area contributed by atoms with Crippen LogP contribution in [0.15, 0.2) is 0 Å². The van der Waals surface area contributed by atoms with Crippen molar-refractivity contribution in [1.82, 2.24) is 0 Å². The van der Waals surface area contributed by atoms with Gasteiger partial charge in [-0.05, 0) is 13.8 Å². The minimum absolute atomic E-state index is 0.572. The summed E-state index contributed by atoms with van der Waals surface area (Å²) in [5, 5.41) is 28.9. The Hall–Kier alpha value is 0.1000. The van der Waals surface area contributed by atoms with Crippen molar-refractivity contribution in [2.75, 3.05) is 6.61 Å². The molecule has 0 aliphatic carbocycles. The summed E-state index contributed by atoms with van der Waals surface area (Å²) in [4.78, 5) is 11.4. The Balaban J connectivity index is 2.30. The summed E-state index contributed by atoms with van der Waals surface area (Å²) in [6.07, 6.45) is -5.18. The summed E-state index contributed by atoms with van der Waals surface area (Å²) in [6.45, 7) is 2.26. The number of halogens is 3. The summed E-state index contributed by atoms with van der Waals surface area (Å²) in [6, 6.07) is 0. The minimum Gasteiger partial charge on any atom is -0.477 e. The summed E-state index contributed by atoms with van der Waals surface area (Å²) in [7, 11) is 0. The lowest BCUT2D eigenvalue weighted by Crippen LogP contribution is -2.55. The predicted molar refractivity (Wildman–Crippen MR) is 73.5 cm³/mol. The molecule has 2 fully saturated rings. The second-order valence-corrected chi connectivity index (χ2v) is 7.74. The lowest BCUT2D eigenvalue weighted by atomic mass is 10.0. The zero-order valence-electron chi connectivity index (χ0n) is 11.5. The average Bonchev–Trinajstić information content (AvgIpc) is 2.87. The third kappa shape index (κ3) is 3.31. The Labute approximate surface area is 140 Å². The Kier molecular flexibility index (Phi) is 4.92. The van der Waals surface area contributed by atoms with Gasteiger partial charge in [0.2, 0.25) is 10.1 Å². The maximum Gasteiger partial charge on any atom is 0.367 e. The largest absolute Gasteiger partial charge is 0.477 e. The molecule has 2 aliphatic heterocycles. The zero-order chi connectivity index (χ0) is 16.9. The van der Waals surface area contributed by atoms with E-state index in [-0.39, 0.29) is 0 Å². The zero-order valence-corrected chi connectivity index (χ0v) is 13.8. The summed E-state index contributed by atoms with van der Waals surface area (Å²) >= 11 is 17.0. The first-order chi connectivity index (χ1) is 9.90. The molecule has 2 aliphatic rings. The molecule has 3 N–H and O–H groups in total. The first-order valence-corrected chi connectivity index (χ1v) is 7.36. The molecule has 0 saturated carbocycles. The lowest BCUT2D eigenvalue weighted by molar-refractivity contribution is -0.242. The first-order valence-electron chi connectivity index (χ1n) is 6.23. The van der Waals surface area contributed by atoms with Crippen LogP contribution in [0.2, 0.25) is 0 Å². The van der Waals surface area contributed by atoms with Gasteiger partial charge in [0, 0.05) is 0 Å². The van der Waals surface area contributed by atoms with Crippen molar-refractivity contribution in [3.8, 4) is 0 Å². The first kappa shape index (κ1) is 18.4. The van der Waals surface area contributed by atoms with E-state index in [0.717, 1.165) is 0 Å². The van der Waals surface area contributed by atoms with Crippen LogP contribution in [0.4, 0.5) is 0 Å². The molecule has 1 unspecified atom stereocenters. The molecule has 0 aromatic heterocycles. The molecular weight excluding hydrogens is 366 g/mol. The molecule has 2 heterocycles. The maximum atomic E-state index is 11.4. The minimum atomic E-state index is -2.70. The van der Waals surface area contributed by atoms with E-state index in [2.05, 4.69) is 0 Å². The van der Waals surface area contributed by atoms with Crippen LogP contribution in [0.25, 0.3) is 0 Å². The van der Waals surface area contributed by atoms with Crippen molar-refractivity contribution in [1.29, 1.82) is 0 Å². The van der Waals surface area contributed by atoms with Gasteiger partial charge in [0.25, 0.3) is 5.79 Å². The Bertz CT molecular complexity index is 453. The summed E-state index contributed by atoms with van der Waals surface area (Å²) in [5.41, 5.74) is 0. The van der Waals surface area contributed by atoms with Gasteiger partial charge in [-0.15, -0.1) is 0 Å². The van der Waals surface area contributed by atoms with Crippen LogP contribution in [0.1, 0.15) is 13.8 Å². The van der Waals surface area contributed by atoms with Crippen LogP contribution >= 0.6 is 34.8 Å². The molecule has 0 aromatic rings. The highest BCUT2D eigenvalue weighted by Crippen LogP contribution is 2.44. The highest BCUT2D eigenvalue weighted by molar-refractivity contribution is 6.67. The van der Waals surface area contributed by atoms with Crippen molar-refractivity contribution in [3.05, 3.63) is 0 Å². The van der Waals surface area contributed by atoms with E-state index in [1.54, 1.807) is 0 Å². The molecule has 2 saturated heterocycles. The molecule has 2 rings (SSSR count). The Morgan fingerprint density at radius 1 is 1.27 bits per heavy atom. The molecule has 0 radical (unpaired) electrons. The molecule has 0 amide bonds. The van der Waals surface area contributed by atoms with Gasteiger partial charge in [0.15, 0.2) is 11.9 Å².